The van der Waals surface area contributed by atoms with Crippen LogP contribution < -0.4 is 5.32 Å². The highest BCUT2D eigenvalue weighted by molar-refractivity contribution is 7.22. The van der Waals surface area contributed by atoms with Crippen molar-refractivity contribution in [1.29, 1.82) is 0 Å². The summed E-state index contributed by atoms with van der Waals surface area (Å²) < 4.78 is 6.39. The highest BCUT2D eigenvalue weighted by Crippen LogP contribution is 2.25. The number of para-hydroxylation sites is 1. The molecular formula is C15H11N5OS. The molecule has 0 radical (unpaired) electrons. The topological polar surface area (TPSA) is 76.7 Å². The third-order valence-electron chi connectivity index (χ3n) is 3.09. The van der Waals surface area contributed by atoms with Crippen LogP contribution in [0.1, 0.15) is 5.89 Å². The highest BCUT2D eigenvalue weighted by atomic mass is 32.1. The molecule has 0 amide bonds. The van der Waals surface area contributed by atoms with Gasteiger partial charge in [-0.15, -0.1) is 0 Å². The van der Waals surface area contributed by atoms with E-state index in [9.17, 15) is 0 Å². The number of thiazole rings is 1. The van der Waals surface area contributed by atoms with Crippen molar-refractivity contribution in [2.75, 3.05) is 5.32 Å². The van der Waals surface area contributed by atoms with Crippen LogP contribution >= 0.6 is 11.3 Å². The molecule has 22 heavy (non-hydrogen) atoms. The third kappa shape index (κ3) is 2.53. The Kier molecular flexibility index (Phi) is 3.24. The number of nitrogens with zero attached hydrogens (tertiary/aromatic N) is 4. The molecule has 0 saturated heterocycles. The maximum atomic E-state index is 5.25. The van der Waals surface area contributed by atoms with E-state index in [1.54, 1.807) is 23.7 Å². The Morgan fingerprint density at radius 3 is 2.77 bits per heavy atom. The minimum absolute atomic E-state index is 0.442. The molecule has 0 bridgehead atoms. The van der Waals surface area contributed by atoms with Crippen LogP contribution in [0.25, 0.3) is 21.6 Å². The molecule has 1 aromatic carbocycles. The fraction of sp³-hybridized carbons (Fsp3) is 0.0667. The van der Waals surface area contributed by atoms with Gasteiger partial charge in [0.15, 0.2) is 5.13 Å². The monoisotopic (exact) mass is 309 g/mol. The lowest BCUT2D eigenvalue weighted by molar-refractivity contribution is 0.384. The largest absolute Gasteiger partial charge is 0.352 e. The van der Waals surface area contributed by atoms with Gasteiger partial charge in [0.25, 0.3) is 0 Å². The zero-order valence-electron chi connectivity index (χ0n) is 11.4. The first-order valence-corrected chi connectivity index (χ1v) is 7.52. The molecule has 0 saturated carbocycles. The quantitative estimate of drug-likeness (QED) is 0.623. The Bertz CT molecular complexity index is 869. The van der Waals surface area contributed by atoms with Crippen LogP contribution in [0.2, 0.25) is 0 Å². The van der Waals surface area contributed by atoms with Crippen molar-refractivity contribution in [1.82, 2.24) is 20.1 Å². The van der Waals surface area contributed by atoms with Gasteiger partial charge in [0.1, 0.15) is 0 Å². The molecule has 0 unspecified atom stereocenters. The van der Waals surface area contributed by atoms with Gasteiger partial charge in [-0.2, -0.15) is 4.98 Å². The van der Waals surface area contributed by atoms with Crippen LogP contribution in [0.3, 0.4) is 0 Å². The van der Waals surface area contributed by atoms with Gasteiger partial charge in [-0.3, -0.25) is 4.98 Å². The van der Waals surface area contributed by atoms with E-state index < -0.39 is 0 Å². The third-order valence-corrected chi connectivity index (χ3v) is 4.09. The van der Waals surface area contributed by atoms with Crippen molar-refractivity contribution in [3.63, 3.8) is 0 Å². The maximum Gasteiger partial charge on any atom is 0.246 e. The molecule has 4 aromatic rings. The molecule has 0 aliphatic rings. The van der Waals surface area contributed by atoms with Gasteiger partial charge in [-0.25, -0.2) is 4.98 Å². The van der Waals surface area contributed by atoms with E-state index in [2.05, 4.69) is 25.4 Å². The molecule has 0 spiro atoms. The summed E-state index contributed by atoms with van der Waals surface area (Å²) >= 11 is 1.60. The number of rotatable bonds is 4. The first-order chi connectivity index (χ1) is 10.9. The Morgan fingerprint density at radius 2 is 1.91 bits per heavy atom. The Labute approximate surface area is 129 Å². The number of aromatic nitrogens is 4. The molecule has 3 aromatic heterocycles. The summed E-state index contributed by atoms with van der Waals surface area (Å²) in [6.45, 7) is 0.442. The SMILES string of the molecule is c1ccc2sc(NCc3nc(-c4ccncc4)no3)nc2c1. The van der Waals surface area contributed by atoms with Crippen molar-refractivity contribution >= 4 is 26.7 Å². The fourth-order valence-electron chi connectivity index (χ4n) is 2.04. The molecule has 108 valence electrons. The number of pyridine rings is 1. The van der Waals surface area contributed by atoms with Crippen LogP contribution in [-0.4, -0.2) is 20.1 Å². The predicted octanol–water partition coefficient (Wildman–Crippen LogP) is 3.35. The summed E-state index contributed by atoms with van der Waals surface area (Å²) in [5, 5.41) is 8.02. The average molecular weight is 309 g/mol. The predicted molar refractivity (Wildman–Crippen MR) is 84.5 cm³/mol. The average Bonchev–Trinajstić information content (AvgIpc) is 3.20. The Balaban J connectivity index is 1.49. The summed E-state index contributed by atoms with van der Waals surface area (Å²) in [5.41, 5.74) is 1.86. The molecule has 0 fully saturated rings. The van der Waals surface area contributed by atoms with Crippen LogP contribution in [0.15, 0.2) is 53.3 Å². The lowest BCUT2D eigenvalue weighted by atomic mass is 10.2. The molecule has 0 aliphatic heterocycles. The van der Waals surface area contributed by atoms with Gasteiger partial charge in [-0.05, 0) is 24.3 Å². The Hall–Kier alpha value is -2.80. The maximum absolute atomic E-state index is 5.25. The minimum atomic E-state index is 0.442. The zero-order chi connectivity index (χ0) is 14.8. The molecular weight excluding hydrogens is 298 g/mol. The lowest BCUT2D eigenvalue weighted by Crippen LogP contribution is -1.98. The molecule has 6 nitrogen and oxygen atoms in total. The van der Waals surface area contributed by atoms with Gasteiger partial charge in [0, 0.05) is 18.0 Å². The van der Waals surface area contributed by atoms with Gasteiger partial charge < -0.3 is 9.84 Å². The van der Waals surface area contributed by atoms with Crippen molar-refractivity contribution < 1.29 is 4.52 Å². The first kappa shape index (κ1) is 12.9. The van der Waals surface area contributed by atoms with Crippen molar-refractivity contribution in [2.24, 2.45) is 0 Å². The number of hydrogen-bond acceptors (Lipinski definition) is 7. The molecule has 4 rings (SSSR count). The number of benzene rings is 1. The summed E-state index contributed by atoms with van der Waals surface area (Å²) in [6.07, 6.45) is 3.40. The van der Waals surface area contributed by atoms with Crippen LogP contribution in [-0.2, 0) is 6.54 Å². The normalized spacial score (nSPS) is 10.9. The van der Waals surface area contributed by atoms with E-state index in [-0.39, 0.29) is 0 Å². The fourth-order valence-corrected chi connectivity index (χ4v) is 2.91. The summed E-state index contributed by atoms with van der Waals surface area (Å²) in [6, 6.07) is 11.7. The van der Waals surface area contributed by atoms with E-state index in [1.165, 1.54) is 0 Å². The second-order valence-corrected chi connectivity index (χ2v) is 5.62. The van der Waals surface area contributed by atoms with Crippen LogP contribution in [0, 0.1) is 0 Å². The van der Waals surface area contributed by atoms with Crippen molar-refractivity contribution in [2.45, 2.75) is 6.54 Å². The van der Waals surface area contributed by atoms with Gasteiger partial charge in [0.05, 0.1) is 16.8 Å². The molecule has 7 heteroatoms. The standard InChI is InChI=1S/C15H11N5OS/c1-2-4-12-11(3-1)18-15(22-12)17-9-13-19-14(20-21-13)10-5-7-16-8-6-10/h1-8H,9H2,(H,17,18). The summed E-state index contributed by atoms with van der Waals surface area (Å²) in [4.78, 5) is 12.8. The second kappa shape index (κ2) is 5.53. The van der Waals surface area contributed by atoms with Gasteiger partial charge in [0.2, 0.25) is 11.7 Å². The second-order valence-electron chi connectivity index (χ2n) is 4.59. The van der Waals surface area contributed by atoms with Crippen molar-refractivity contribution in [3.8, 4) is 11.4 Å². The van der Waals surface area contributed by atoms with E-state index in [1.807, 2.05) is 36.4 Å². The molecule has 0 aliphatic carbocycles. The zero-order valence-corrected chi connectivity index (χ0v) is 12.2. The number of fused-ring (bicyclic) bond motifs is 1. The van der Waals surface area contributed by atoms with Crippen molar-refractivity contribution in [3.05, 3.63) is 54.7 Å². The summed E-state index contributed by atoms with van der Waals surface area (Å²) in [7, 11) is 0. The minimum Gasteiger partial charge on any atom is -0.352 e. The van der Waals surface area contributed by atoms with Crippen LogP contribution in [0.4, 0.5) is 5.13 Å². The van der Waals surface area contributed by atoms with Gasteiger partial charge in [-0.1, -0.05) is 28.6 Å². The van der Waals surface area contributed by atoms with E-state index >= 15 is 0 Å². The van der Waals surface area contributed by atoms with Gasteiger partial charge >= 0.3 is 0 Å². The highest BCUT2D eigenvalue weighted by Gasteiger charge is 2.09. The number of nitrogens with one attached hydrogen (secondary N) is 1. The molecule has 3 heterocycles. The first-order valence-electron chi connectivity index (χ1n) is 6.71. The van der Waals surface area contributed by atoms with Crippen LogP contribution in [0.5, 0.6) is 0 Å². The van der Waals surface area contributed by atoms with E-state index in [0.29, 0.717) is 18.3 Å². The summed E-state index contributed by atoms with van der Waals surface area (Å²) in [5.74, 6) is 1.08. The number of hydrogen-bond donors (Lipinski definition) is 1. The smallest absolute Gasteiger partial charge is 0.246 e. The molecule has 1 N–H and O–H groups in total. The number of anilines is 1. The van der Waals surface area contributed by atoms with E-state index in [4.69, 9.17) is 4.52 Å². The molecule has 0 atom stereocenters. The lowest BCUT2D eigenvalue weighted by Gasteiger charge is -1.95. The Morgan fingerprint density at radius 1 is 1.05 bits per heavy atom. The van der Waals surface area contributed by atoms with E-state index in [0.717, 1.165) is 20.9 Å².